The maximum Gasteiger partial charge on any atom is 0.255 e. The van der Waals surface area contributed by atoms with E-state index in [0.29, 0.717) is 0 Å². The molecule has 0 radical (unpaired) electrons. The van der Waals surface area contributed by atoms with Gasteiger partial charge in [-0.25, -0.2) is 8.78 Å². The van der Waals surface area contributed by atoms with Crippen LogP contribution < -0.4 is 0 Å². The quantitative estimate of drug-likeness (QED) is 0.699. The Morgan fingerprint density at radius 2 is 2.00 bits per heavy atom. The molecule has 1 atom stereocenters. The van der Waals surface area contributed by atoms with Gasteiger partial charge in [0.1, 0.15) is 4.83 Å². The summed E-state index contributed by atoms with van der Waals surface area (Å²) in [7, 11) is 0. The molecule has 0 aromatic carbocycles. The molecular formula is C8H9BrF2S. The van der Waals surface area contributed by atoms with E-state index in [-0.39, 0.29) is 0 Å². The molecule has 0 amide bonds. The van der Waals surface area contributed by atoms with Crippen LogP contribution in [0.3, 0.4) is 0 Å². The molecule has 0 aliphatic heterocycles. The number of rotatable bonds is 2. The van der Waals surface area contributed by atoms with Crippen LogP contribution in [0, 0.1) is 13.8 Å². The summed E-state index contributed by atoms with van der Waals surface area (Å²) in [6, 6.07) is 1.93. The zero-order valence-corrected chi connectivity index (χ0v) is 9.18. The molecule has 1 heterocycles. The first-order valence-corrected chi connectivity index (χ1v) is 5.24. The normalized spacial score (nSPS) is 13.8. The number of hydrogen-bond donors (Lipinski definition) is 0. The summed E-state index contributed by atoms with van der Waals surface area (Å²) >= 11 is 4.40. The van der Waals surface area contributed by atoms with Crippen LogP contribution in [0.25, 0.3) is 0 Å². The molecule has 1 aromatic rings. The van der Waals surface area contributed by atoms with Gasteiger partial charge in [-0.1, -0.05) is 15.9 Å². The largest absolute Gasteiger partial charge is 0.255 e. The van der Waals surface area contributed by atoms with Gasteiger partial charge in [0.2, 0.25) is 0 Å². The van der Waals surface area contributed by atoms with Gasteiger partial charge in [-0.15, -0.1) is 11.3 Å². The fraction of sp³-hybridized carbons (Fsp3) is 0.500. The molecule has 1 unspecified atom stereocenters. The van der Waals surface area contributed by atoms with Crippen LogP contribution in [0.5, 0.6) is 0 Å². The van der Waals surface area contributed by atoms with Crippen molar-refractivity contribution in [3.8, 4) is 0 Å². The molecule has 1 rings (SSSR count). The van der Waals surface area contributed by atoms with Gasteiger partial charge in [0.05, 0.1) is 0 Å². The van der Waals surface area contributed by atoms with Gasteiger partial charge < -0.3 is 0 Å². The maximum absolute atomic E-state index is 12.3. The van der Waals surface area contributed by atoms with Gasteiger partial charge in [-0.2, -0.15) is 0 Å². The standard InChI is InChI=1S/C8H9BrF2S/c1-4-3-5(2)12-7(4)6(9)8(10)11/h3,6,8H,1-2H3. The van der Waals surface area contributed by atoms with Crippen LogP contribution >= 0.6 is 27.3 Å². The summed E-state index contributed by atoms with van der Waals surface area (Å²) in [5, 5.41) is 0. The van der Waals surface area contributed by atoms with E-state index in [4.69, 9.17) is 0 Å². The predicted octanol–water partition coefficient (Wildman–Crippen LogP) is 4.07. The first kappa shape index (κ1) is 10.1. The van der Waals surface area contributed by atoms with E-state index in [0.717, 1.165) is 15.3 Å². The third kappa shape index (κ3) is 2.04. The maximum atomic E-state index is 12.3. The van der Waals surface area contributed by atoms with Crippen molar-refractivity contribution in [3.63, 3.8) is 0 Å². The van der Waals surface area contributed by atoms with Crippen molar-refractivity contribution in [3.05, 3.63) is 21.4 Å². The van der Waals surface area contributed by atoms with Crippen molar-refractivity contribution >= 4 is 27.3 Å². The zero-order valence-electron chi connectivity index (χ0n) is 6.77. The Bertz CT molecular complexity index is 270. The molecular weight excluding hydrogens is 246 g/mol. The lowest BCUT2D eigenvalue weighted by molar-refractivity contribution is 0.148. The van der Waals surface area contributed by atoms with Crippen LogP contribution in [0.1, 0.15) is 20.1 Å². The molecule has 1 aromatic heterocycles. The highest BCUT2D eigenvalue weighted by atomic mass is 79.9. The molecule has 0 aliphatic carbocycles. The van der Waals surface area contributed by atoms with E-state index >= 15 is 0 Å². The van der Waals surface area contributed by atoms with Crippen LogP contribution in [0.4, 0.5) is 8.78 Å². The molecule has 4 heteroatoms. The first-order valence-electron chi connectivity index (χ1n) is 3.51. The summed E-state index contributed by atoms with van der Waals surface area (Å²) in [5.74, 6) is 0. The number of alkyl halides is 3. The second-order valence-corrected chi connectivity index (χ2v) is 4.91. The summed E-state index contributed by atoms with van der Waals surface area (Å²) in [5.41, 5.74) is 0.944. The first-order chi connectivity index (χ1) is 5.52. The number of aryl methyl sites for hydroxylation is 2. The van der Waals surface area contributed by atoms with Gasteiger partial charge in [0.25, 0.3) is 6.43 Å². The Labute approximate surface area is 82.7 Å². The van der Waals surface area contributed by atoms with E-state index in [1.165, 1.54) is 11.3 Å². The van der Waals surface area contributed by atoms with E-state index in [2.05, 4.69) is 15.9 Å². The molecule has 0 saturated carbocycles. The monoisotopic (exact) mass is 254 g/mol. The van der Waals surface area contributed by atoms with Gasteiger partial charge >= 0.3 is 0 Å². The second-order valence-electron chi connectivity index (χ2n) is 2.64. The Morgan fingerprint density at radius 3 is 2.33 bits per heavy atom. The van der Waals surface area contributed by atoms with Crippen molar-refractivity contribution in [2.24, 2.45) is 0 Å². The Hall–Kier alpha value is 0.0400. The third-order valence-corrected chi connectivity index (χ3v) is 3.95. The van der Waals surface area contributed by atoms with E-state index in [1.54, 1.807) is 0 Å². The van der Waals surface area contributed by atoms with Crippen molar-refractivity contribution in [1.29, 1.82) is 0 Å². The summed E-state index contributed by atoms with van der Waals surface area (Å²) in [6.45, 7) is 3.78. The molecule has 0 fully saturated rings. The van der Waals surface area contributed by atoms with E-state index in [1.807, 2.05) is 19.9 Å². The lowest BCUT2D eigenvalue weighted by atomic mass is 10.2. The zero-order chi connectivity index (χ0) is 9.30. The molecule has 0 saturated heterocycles. The Balaban J connectivity index is 2.94. The lowest BCUT2D eigenvalue weighted by Crippen LogP contribution is -2.00. The minimum Gasteiger partial charge on any atom is -0.209 e. The SMILES string of the molecule is Cc1cc(C)c(C(Br)C(F)F)s1. The predicted molar refractivity (Wildman–Crippen MR) is 51.5 cm³/mol. The molecule has 0 bridgehead atoms. The van der Waals surface area contributed by atoms with Gasteiger partial charge in [-0.3, -0.25) is 0 Å². The smallest absolute Gasteiger partial charge is 0.209 e. The number of thiophene rings is 1. The van der Waals surface area contributed by atoms with Crippen LogP contribution in [-0.4, -0.2) is 6.43 Å². The number of halogens is 3. The third-order valence-electron chi connectivity index (χ3n) is 1.55. The van der Waals surface area contributed by atoms with Crippen molar-refractivity contribution in [2.45, 2.75) is 25.1 Å². The fourth-order valence-corrected chi connectivity index (χ4v) is 2.71. The lowest BCUT2D eigenvalue weighted by Gasteiger charge is -2.06. The van der Waals surface area contributed by atoms with Gasteiger partial charge in [0.15, 0.2) is 0 Å². The summed E-state index contributed by atoms with van der Waals surface area (Å²) < 4.78 is 24.5. The van der Waals surface area contributed by atoms with Gasteiger partial charge in [0, 0.05) is 9.75 Å². The topological polar surface area (TPSA) is 0 Å². The molecule has 0 aliphatic rings. The summed E-state index contributed by atoms with van der Waals surface area (Å²) in [6.07, 6.45) is -2.33. The van der Waals surface area contributed by atoms with E-state index in [9.17, 15) is 8.78 Å². The second kappa shape index (κ2) is 3.83. The fourth-order valence-electron chi connectivity index (χ4n) is 1.05. The van der Waals surface area contributed by atoms with Crippen molar-refractivity contribution in [2.75, 3.05) is 0 Å². The van der Waals surface area contributed by atoms with E-state index < -0.39 is 11.3 Å². The average Bonchev–Trinajstić information content (AvgIpc) is 2.28. The van der Waals surface area contributed by atoms with Gasteiger partial charge in [-0.05, 0) is 25.5 Å². The average molecular weight is 255 g/mol. The highest BCUT2D eigenvalue weighted by molar-refractivity contribution is 9.09. The minimum absolute atomic E-state index is 0.738. The Morgan fingerprint density at radius 1 is 1.42 bits per heavy atom. The van der Waals surface area contributed by atoms with Crippen molar-refractivity contribution < 1.29 is 8.78 Å². The highest BCUT2D eigenvalue weighted by Crippen LogP contribution is 2.36. The minimum atomic E-state index is -2.33. The summed E-state index contributed by atoms with van der Waals surface area (Å²) in [4.78, 5) is 1.01. The van der Waals surface area contributed by atoms with Crippen LogP contribution in [-0.2, 0) is 0 Å². The van der Waals surface area contributed by atoms with Crippen molar-refractivity contribution in [1.82, 2.24) is 0 Å². The van der Waals surface area contributed by atoms with Crippen LogP contribution in [0.2, 0.25) is 0 Å². The highest BCUT2D eigenvalue weighted by Gasteiger charge is 2.22. The molecule has 68 valence electrons. The molecule has 0 spiro atoms. The molecule has 12 heavy (non-hydrogen) atoms. The number of hydrogen-bond acceptors (Lipinski definition) is 1. The molecule has 0 N–H and O–H groups in total. The Kier molecular flexibility index (Phi) is 3.23. The van der Waals surface area contributed by atoms with Crippen LogP contribution in [0.15, 0.2) is 6.07 Å². The molecule has 0 nitrogen and oxygen atoms in total.